The molecule has 110 valence electrons. The number of ether oxygens (including phenoxy) is 1. The summed E-state index contributed by atoms with van der Waals surface area (Å²) in [5.74, 6) is 0.698. The van der Waals surface area contributed by atoms with Gasteiger partial charge in [0.15, 0.2) is 0 Å². The first-order valence-electron chi connectivity index (χ1n) is 7.60. The van der Waals surface area contributed by atoms with Gasteiger partial charge in [-0.1, -0.05) is 0 Å². The summed E-state index contributed by atoms with van der Waals surface area (Å²) in [5.41, 5.74) is -0.409. The summed E-state index contributed by atoms with van der Waals surface area (Å²) in [4.78, 5) is 12.0. The molecule has 2 aliphatic rings. The second kappa shape index (κ2) is 5.70. The molecule has 0 aromatic rings. The lowest BCUT2D eigenvalue weighted by Gasteiger charge is -2.45. The minimum absolute atomic E-state index is 0.00597. The lowest BCUT2D eigenvalue weighted by Crippen LogP contribution is -2.56. The van der Waals surface area contributed by atoms with Crippen molar-refractivity contribution in [2.24, 2.45) is 5.92 Å². The van der Waals surface area contributed by atoms with Crippen molar-refractivity contribution >= 4 is 6.09 Å². The van der Waals surface area contributed by atoms with Crippen LogP contribution in [-0.4, -0.2) is 30.3 Å². The van der Waals surface area contributed by atoms with E-state index < -0.39 is 5.60 Å². The van der Waals surface area contributed by atoms with Gasteiger partial charge < -0.3 is 15.4 Å². The molecule has 1 aliphatic heterocycles. The Labute approximate surface area is 116 Å². The number of rotatable bonds is 3. The summed E-state index contributed by atoms with van der Waals surface area (Å²) in [7, 11) is 0. The second-order valence-corrected chi connectivity index (χ2v) is 7.18. The molecule has 1 aliphatic carbocycles. The number of carbonyl (C=O) groups is 1. The van der Waals surface area contributed by atoms with Crippen LogP contribution in [0.4, 0.5) is 4.79 Å². The largest absolute Gasteiger partial charge is 0.444 e. The highest BCUT2D eigenvalue weighted by atomic mass is 16.6. The fourth-order valence-electron chi connectivity index (χ4n) is 3.15. The first-order valence-corrected chi connectivity index (χ1v) is 7.60. The molecule has 4 heteroatoms. The molecule has 2 rings (SSSR count). The van der Waals surface area contributed by atoms with Gasteiger partial charge in [-0.2, -0.15) is 0 Å². The maximum Gasteiger partial charge on any atom is 0.408 e. The van der Waals surface area contributed by atoms with Gasteiger partial charge in [-0.3, -0.25) is 0 Å². The van der Waals surface area contributed by atoms with Crippen molar-refractivity contribution in [1.29, 1.82) is 0 Å². The van der Waals surface area contributed by atoms with E-state index in [0.717, 1.165) is 32.4 Å². The fraction of sp³-hybridized carbons (Fsp3) is 0.933. The van der Waals surface area contributed by atoms with Crippen LogP contribution in [-0.2, 0) is 4.74 Å². The van der Waals surface area contributed by atoms with Crippen LogP contribution in [0.1, 0.15) is 59.3 Å². The Hall–Kier alpha value is -0.770. The number of piperidine rings is 1. The third-order valence-corrected chi connectivity index (χ3v) is 4.16. The number of hydrogen-bond acceptors (Lipinski definition) is 3. The fourth-order valence-corrected chi connectivity index (χ4v) is 3.15. The van der Waals surface area contributed by atoms with Crippen molar-refractivity contribution < 1.29 is 9.53 Å². The summed E-state index contributed by atoms with van der Waals surface area (Å²) < 4.78 is 5.39. The van der Waals surface area contributed by atoms with Crippen LogP contribution in [0.3, 0.4) is 0 Å². The minimum atomic E-state index is -0.415. The van der Waals surface area contributed by atoms with E-state index in [9.17, 15) is 4.79 Å². The molecule has 4 nitrogen and oxygen atoms in total. The number of nitrogens with one attached hydrogen (secondary N) is 2. The first-order chi connectivity index (χ1) is 8.89. The Balaban J connectivity index is 1.85. The summed E-state index contributed by atoms with van der Waals surface area (Å²) in [6.45, 7) is 7.96. The molecule has 0 aromatic carbocycles. The molecule has 1 heterocycles. The summed E-state index contributed by atoms with van der Waals surface area (Å²) in [6, 6.07) is 0. The Morgan fingerprint density at radius 2 is 2.11 bits per heavy atom. The third-order valence-electron chi connectivity index (χ3n) is 4.16. The second-order valence-electron chi connectivity index (χ2n) is 7.18. The number of hydrogen-bond donors (Lipinski definition) is 2. The van der Waals surface area contributed by atoms with Gasteiger partial charge in [0.25, 0.3) is 0 Å². The van der Waals surface area contributed by atoms with Crippen molar-refractivity contribution in [3.8, 4) is 0 Å². The van der Waals surface area contributed by atoms with Crippen LogP contribution in [0, 0.1) is 5.92 Å². The molecule has 0 aromatic heterocycles. The van der Waals surface area contributed by atoms with E-state index >= 15 is 0 Å². The highest BCUT2D eigenvalue weighted by Gasteiger charge is 2.41. The molecule has 1 saturated carbocycles. The lowest BCUT2D eigenvalue weighted by atomic mass is 9.70. The molecule has 1 unspecified atom stereocenters. The van der Waals surface area contributed by atoms with Gasteiger partial charge in [0, 0.05) is 5.54 Å². The lowest BCUT2D eigenvalue weighted by molar-refractivity contribution is 0.0337. The topological polar surface area (TPSA) is 50.4 Å². The van der Waals surface area contributed by atoms with Gasteiger partial charge >= 0.3 is 6.09 Å². The number of amides is 1. The summed E-state index contributed by atoms with van der Waals surface area (Å²) in [6.07, 6.45) is 6.80. The molecular weight excluding hydrogens is 240 g/mol. The van der Waals surface area contributed by atoms with Crippen LogP contribution >= 0.6 is 0 Å². The number of alkyl carbamates (subject to hydrolysis) is 1. The van der Waals surface area contributed by atoms with Crippen LogP contribution in [0.2, 0.25) is 0 Å². The van der Waals surface area contributed by atoms with Gasteiger partial charge in [0.2, 0.25) is 0 Å². The van der Waals surface area contributed by atoms with Crippen LogP contribution in [0.5, 0.6) is 0 Å². The molecule has 1 saturated heterocycles. The Bertz CT molecular complexity index is 313. The van der Waals surface area contributed by atoms with Gasteiger partial charge in [-0.25, -0.2) is 4.79 Å². The third kappa shape index (κ3) is 4.37. The van der Waals surface area contributed by atoms with E-state index in [1.807, 2.05) is 20.8 Å². The molecular formula is C15H28N2O2. The zero-order valence-corrected chi connectivity index (χ0v) is 12.6. The van der Waals surface area contributed by atoms with Gasteiger partial charge in [-0.05, 0) is 78.3 Å². The highest BCUT2D eigenvalue weighted by molar-refractivity contribution is 5.69. The quantitative estimate of drug-likeness (QED) is 0.827. The first kappa shape index (κ1) is 14.6. The molecule has 1 atom stereocenters. The molecule has 0 radical (unpaired) electrons. The molecule has 0 bridgehead atoms. The van der Waals surface area contributed by atoms with E-state index in [-0.39, 0.29) is 11.6 Å². The van der Waals surface area contributed by atoms with Crippen molar-refractivity contribution in [3.05, 3.63) is 0 Å². The highest BCUT2D eigenvalue weighted by Crippen LogP contribution is 2.38. The maximum absolute atomic E-state index is 12.0. The average molecular weight is 268 g/mol. The van der Waals surface area contributed by atoms with Crippen molar-refractivity contribution in [1.82, 2.24) is 10.6 Å². The predicted octanol–water partition coefficient (Wildman–Crippen LogP) is 2.82. The van der Waals surface area contributed by atoms with Gasteiger partial charge in [-0.15, -0.1) is 0 Å². The van der Waals surface area contributed by atoms with E-state index in [1.54, 1.807) is 0 Å². The smallest absolute Gasteiger partial charge is 0.408 e. The van der Waals surface area contributed by atoms with Crippen molar-refractivity contribution in [2.75, 3.05) is 13.1 Å². The molecule has 2 N–H and O–H groups in total. The van der Waals surface area contributed by atoms with Crippen LogP contribution in [0.25, 0.3) is 0 Å². The molecule has 1 amide bonds. The summed E-state index contributed by atoms with van der Waals surface area (Å²) >= 11 is 0. The van der Waals surface area contributed by atoms with Crippen LogP contribution in [0.15, 0.2) is 0 Å². The van der Waals surface area contributed by atoms with Crippen molar-refractivity contribution in [2.45, 2.75) is 70.4 Å². The van der Waals surface area contributed by atoms with E-state index in [4.69, 9.17) is 4.74 Å². The SMILES string of the molecule is CC(C)(C)OC(=O)NC1(CC2CCCNC2)CCC1. The van der Waals surface area contributed by atoms with Gasteiger partial charge in [0.05, 0.1) is 0 Å². The molecule has 0 spiro atoms. The normalized spacial score (nSPS) is 26.4. The Kier molecular flexibility index (Phi) is 4.39. The summed E-state index contributed by atoms with van der Waals surface area (Å²) in [5, 5.41) is 6.60. The van der Waals surface area contributed by atoms with E-state index in [2.05, 4.69) is 10.6 Å². The average Bonchev–Trinajstić information content (AvgIpc) is 2.25. The molecule has 2 fully saturated rings. The van der Waals surface area contributed by atoms with E-state index in [1.165, 1.54) is 19.3 Å². The predicted molar refractivity (Wildman–Crippen MR) is 76.2 cm³/mol. The van der Waals surface area contributed by atoms with Crippen LogP contribution < -0.4 is 10.6 Å². The van der Waals surface area contributed by atoms with E-state index in [0.29, 0.717) is 5.92 Å². The van der Waals surface area contributed by atoms with Crippen molar-refractivity contribution in [3.63, 3.8) is 0 Å². The standard InChI is InChI=1S/C15H28N2O2/c1-14(2,3)19-13(18)17-15(7-5-8-15)10-12-6-4-9-16-11-12/h12,16H,4-11H2,1-3H3,(H,17,18). The Morgan fingerprint density at radius 1 is 1.37 bits per heavy atom. The zero-order chi connectivity index (χ0) is 13.9. The molecule has 19 heavy (non-hydrogen) atoms. The minimum Gasteiger partial charge on any atom is -0.444 e. The monoisotopic (exact) mass is 268 g/mol. The van der Waals surface area contributed by atoms with Gasteiger partial charge in [0.1, 0.15) is 5.60 Å². The maximum atomic E-state index is 12.0. The number of carbonyl (C=O) groups excluding carboxylic acids is 1. The Morgan fingerprint density at radius 3 is 2.58 bits per heavy atom. The zero-order valence-electron chi connectivity index (χ0n) is 12.6.